The van der Waals surface area contributed by atoms with Crippen LogP contribution < -0.4 is 45.1 Å². The molecule has 2 aromatic heterocycles. The van der Waals surface area contributed by atoms with E-state index >= 15 is 0 Å². The summed E-state index contributed by atoms with van der Waals surface area (Å²) in [7, 11) is 1.42. The third-order valence-electron chi connectivity index (χ3n) is 5.63. The van der Waals surface area contributed by atoms with Gasteiger partial charge in [-0.2, -0.15) is 0 Å². The topological polar surface area (TPSA) is 100 Å². The normalized spacial score (nSPS) is 18.2. The average molecular weight is 564 g/mol. The van der Waals surface area contributed by atoms with Crippen molar-refractivity contribution in [2.24, 2.45) is 0 Å². The number of ether oxygens (including phenoxy) is 2. The van der Waals surface area contributed by atoms with Crippen LogP contribution in [-0.4, -0.2) is 42.7 Å². The number of H-pyrrole nitrogens is 1. The number of benzene rings is 1. The Kier molecular flexibility index (Phi) is 6.36. The summed E-state index contributed by atoms with van der Waals surface area (Å²) in [5.41, 5.74) is 3.90. The molecule has 4 heterocycles. The van der Waals surface area contributed by atoms with E-state index in [4.69, 9.17) is 9.47 Å². The molecule has 4 N–H and O–H groups in total. The first-order chi connectivity index (χ1) is 16.2. The molecule has 2 aliphatic rings. The predicted molar refractivity (Wildman–Crippen MR) is 118 cm³/mol. The number of alkyl halides is 1. The second-order valence-electron chi connectivity index (χ2n) is 7.71. The van der Waals surface area contributed by atoms with Crippen LogP contribution in [0.15, 0.2) is 36.7 Å². The molecular formula is C23H24FIN5O3-. The Bertz CT molecular complexity index is 1180. The summed E-state index contributed by atoms with van der Waals surface area (Å²) >= 11 is -0.412. The Balaban J connectivity index is 1.71. The van der Waals surface area contributed by atoms with Crippen molar-refractivity contribution in [1.29, 1.82) is 0 Å². The van der Waals surface area contributed by atoms with E-state index in [-0.39, 0.29) is 15.6 Å². The number of carbonyl (C=O) groups excluding carboxylic acids is 1. The summed E-state index contributed by atoms with van der Waals surface area (Å²) in [4.78, 5) is 20.8. The number of hydrogen-bond acceptors (Lipinski definition) is 6. The van der Waals surface area contributed by atoms with Gasteiger partial charge in [0.1, 0.15) is 0 Å². The van der Waals surface area contributed by atoms with E-state index < -0.39 is 27.3 Å². The number of para-hydroxylation sites is 1. The second kappa shape index (κ2) is 9.56. The number of nitrogens with one attached hydrogen (secondary N) is 4. The Labute approximate surface area is 201 Å². The third kappa shape index (κ3) is 4.24. The van der Waals surface area contributed by atoms with Crippen LogP contribution in [-0.2, 0) is 0 Å². The second-order valence-corrected chi connectivity index (χ2v) is 10.6. The van der Waals surface area contributed by atoms with Crippen molar-refractivity contribution in [3.05, 3.63) is 53.7 Å². The van der Waals surface area contributed by atoms with Crippen LogP contribution in [0.4, 0.5) is 15.8 Å². The SMILES string of the molecule is COc1c(F)cccc1Nc1c2[nH]c3c1C(=O)NC[C@H]3[I-]NCCCCOc1cnccc1-2. The minimum atomic E-state index is -0.485. The van der Waals surface area contributed by atoms with E-state index in [9.17, 15) is 9.18 Å². The molecule has 8 nitrogen and oxygen atoms in total. The van der Waals surface area contributed by atoms with Crippen molar-refractivity contribution >= 4 is 17.3 Å². The summed E-state index contributed by atoms with van der Waals surface area (Å²) in [5, 5.41) is 6.32. The summed E-state index contributed by atoms with van der Waals surface area (Å²) < 4.78 is 29.5. The van der Waals surface area contributed by atoms with Crippen molar-refractivity contribution in [3.8, 4) is 22.8 Å². The average Bonchev–Trinajstić information content (AvgIpc) is 3.20. The molecule has 0 saturated heterocycles. The molecule has 10 heteroatoms. The molecule has 0 radical (unpaired) electrons. The minimum absolute atomic E-state index is 0.0841. The molecular weight excluding hydrogens is 540 g/mol. The van der Waals surface area contributed by atoms with Gasteiger partial charge < -0.3 is 0 Å². The Morgan fingerprint density at radius 2 is 2.21 bits per heavy atom. The van der Waals surface area contributed by atoms with Gasteiger partial charge >= 0.3 is 202 Å². The Hall–Kier alpha value is -2.86. The van der Waals surface area contributed by atoms with Gasteiger partial charge in [0.2, 0.25) is 0 Å². The molecule has 0 spiro atoms. The van der Waals surface area contributed by atoms with Crippen molar-refractivity contribution in [1.82, 2.24) is 18.8 Å². The van der Waals surface area contributed by atoms with Crippen LogP contribution in [0.5, 0.6) is 11.5 Å². The summed E-state index contributed by atoms with van der Waals surface area (Å²) in [5.74, 6) is 0.0558. The Morgan fingerprint density at radius 1 is 1.30 bits per heavy atom. The predicted octanol–water partition coefficient (Wildman–Crippen LogP) is 0.519. The molecule has 2 bridgehead atoms. The number of anilines is 2. The molecule has 1 amide bonds. The number of hydrogen-bond donors (Lipinski definition) is 4. The van der Waals surface area contributed by atoms with Crippen molar-refractivity contribution in [2.75, 3.05) is 32.1 Å². The van der Waals surface area contributed by atoms with E-state index in [0.717, 1.165) is 30.6 Å². The monoisotopic (exact) mass is 564 g/mol. The number of nitrogens with zero attached hydrogens (tertiary/aromatic N) is 1. The van der Waals surface area contributed by atoms with Gasteiger partial charge in [0.15, 0.2) is 0 Å². The zero-order chi connectivity index (χ0) is 22.8. The number of aromatic nitrogens is 2. The molecule has 1 aromatic carbocycles. The molecule has 0 aliphatic carbocycles. The third-order valence-corrected chi connectivity index (χ3v) is 8.42. The van der Waals surface area contributed by atoms with E-state index in [1.807, 2.05) is 6.07 Å². The van der Waals surface area contributed by atoms with Crippen LogP contribution in [0.2, 0.25) is 0 Å². The molecule has 5 rings (SSSR count). The van der Waals surface area contributed by atoms with E-state index in [0.29, 0.717) is 41.5 Å². The summed E-state index contributed by atoms with van der Waals surface area (Å²) in [6.07, 6.45) is 5.32. The van der Waals surface area contributed by atoms with Gasteiger partial charge in [0, 0.05) is 0 Å². The number of methoxy groups -OCH3 is 1. The van der Waals surface area contributed by atoms with Crippen LogP contribution in [0.3, 0.4) is 0 Å². The quantitative estimate of drug-likeness (QED) is 0.211. The van der Waals surface area contributed by atoms with Crippen LogP contribution in [0, 0.1) is 5.82 Å². The summed E-state index contributed by atoms with van der Waals surface area (Å²) in [6.45, 7) is 2.06. The fourth-order valence-electron chi connectivity index (χ4n) is 4.06. The first kappa shape index (κ1) is 22.0. The Morgan fingerprint density at radius 3 is 3.09 bits per heavy atom. The van der Waals surface area contributed by atoms with Gasteiger partial charge in [-0.25, -0.2) is 0 Å². The van der Waals surface area contributed by atoms with Crippen molar-refractivity contribution < 1.29 is 40.1 Å². The zero-order valence-corrected chi connectivity index (χ0v) is 20.2. The van der Waals surface area contributed by atoms with Crippen molar-refractivity contribution in [2.45, 2.75) is 16.8 Å². The van der Waals surface area contributed by atoms with Gasteiger partial charge in [-0.05, 0) is 0 Å². The number of pyridine rings is 1. The van der Waals surface area contributed by atoms with Gasteiger partial charge in [0.25, 0.3) is 0 Å². The molecule has 0 saturated carbocycles. The molecule has 1 atom stereocenters. The first-order valence-corrected chi connectivity index (χ1v) is 13.1. The number of halogens is 2. The molecule has 0 fully saturated rings. The number of fused-ring (bicyclic) bond motifs is 3. The van der Waals surface area contributed by atoms with Crippen LogP contribution in [0.25, 0.3) is 11.3 Å². The first-order valence-electron chi connectivity index (χ1n) is 10.7. The van der Waals surface area contributed by atoms with Gasteiger partial charge in [-0.3, -0.25) is 0 Å². The molecule has 2 aliphatic heterocycles. The van der Waals surface area contributed by atoms with E-state index in [1.54, 1.807) is 24.5 Å². The zero-order valence-electron chi connectivity index (χ0n) is 18.0. The summed E-state index contributed by atoms with van der Waals surface area (Å²) in [6, 6.07) is 6.52. The maximum atomic E-state index is 14.4. The van der Waals surface area contributed by atoms with Crippen molar-refractivity contribution in [3.63, 3.8) is 0 Å². The fourth-order valence-corrected chi connectivity index (χ4v) is 6.50. The molecule has 174 valence electrons. The van der Waals surface area contributed by atoms with E-state index in [1.165, 1.54) is 13.2 Å². The molecule has 0 unspecified atom stereocenters. The molecule has 33 heavy (non-hydrogen) atoms. The van der Waals surface area contributed by atoms with E-state index in [2.05, 4.69) is 24.1 Å². The standard InChI is InChI=1S/C23H24FIN5O3/c1-32-22-14(24)5-4-6-16(22)29-21-18-20-15(11-27-23(18)31)25-28-8-2-3-10-33-17-12-26-9-7-13(17)19(21)30-20/h4-7,9,12,15,28-30H,2-3,8,10-11H2,1H3,(H,27,31)/q-1/t15-/m1/s1. The maximum absolute atomic E-state index is 14.4. The molecule has 3 aromatic rings. The number of aromatic amines is 1. The van der Waals surface area contributed by atoms with Gasteiger partial charge in [-0.1, -0.05) is 0 Å². The number of amides is 1. The van der Waals surface area contributed by atoms with Crippen LogP contribution in [0.1, 0.15) is 32.8 Å². The van der Waals surface area contributed by atoms with Crippen LogP contribution >= 0.6 is 0 Å². The van der Waals surface area contributed by atoms with Gasteiger partial charge in [-0.15, -0.1) is 0 Å². The number of carbonyl (C=O) groups is 1. The van der Waals surface area contributed by atoms with Gasteiger partial charge in [0.05, 0.1) is 0 Å². The number of rotatable bonds is 3. The fraction of sp³-hybridized carbons (Fsp3) is 0.304.